The lowest BCUT2D eigenvalue weighted by atomic mass is 10.2. The van der Waals surface area contributed by atoms with Crippen LogP contribution >= 0.6 is 0 Å². The van der Waals surface area contributed by atoms with Gasteiger partial charge in [0.15, 0.2) is 0 Å². The zero-order valence-electron chi connectivity index (χ0n) is 10.1. The van der Waals surface area contributed by atoms with Gasteiger partial charge in [-0.3, -0.25) is 0 Å². The Bertz CT molecular complexity index is 269. The molecule has 0 aliphatic heterocycles. The summed E-state index contributed by atoms with van der Waals surface area (Å²) in [4.78, 5) is 0. The van der Waals surface area contributed by atoms with Gasteiger partial charge >= 0.3 is 0 Å². The standard InChI is InChI=1S/C13H20O3/c1-3-14-8-9-15-10-11-16-13-6-4-12(2)5-7-13/h4-7H,3,8-11H2,1-2H3. The quantitative estimate of drug-likeness (QED) is 0.635. The lowest BCUT2D eigenvalue weighted by Crippen LogP contribution is -2.10. The first-order valence-corrected chi connectivity index (χ1v) is 5.68. The molecule has 0 bridgehead atoms. The Morgan fingerprint density at radius 2 is 1.50 bits per heavy atom. The fourth-order valence-corrected chi connectivity index (χ4v) is 1.22. The van der Waals surface area contributed by atoms with Crippen molar-refractivity contribution in [1.29, 1.82) is 0 Å². The lowest BCUT2D eigenvalue weighted by molar-refractivity contribution is 0.0405. The molecule has 1 aromatic rings. The molecule has 0 N–H and O–H groups in total. The minimum absolute atomic E-state index is 0.579. The molecular weight excluding hydrogens is 204 g/mol. The van der Waals surface area contributed by atoms with E-state index in [9.17, 15) is 0 Å². The highest BCUT2D eigenvalue weighted by atomic mass is 16.5. The molecule has 0 saturated carbocycles. The van der Waals surface area contributed by atoms with Gasteiger partial charge in [-0.25, -0.2) is 0 Å². The van der Waals surface area contributed by atoms with E-state index in [1.807, 2.05) is 31.2 Å². The molecule has 90 valence electrons. The van der Waals surface area contributed by atoms with Gasteiger partial charge < -0.3 is 14.2 Å². The van der Waals surface area contributed by atoms with Crippen LogP contribution in [0.15, 0.2) is 24.3 Å². The van der Waals surface area contributed by atoms with E-state index >= 15 is 0 Å². The van der Waals surface area contributed by atoms with Crippen molar-refractivity contribution in [3.63, 3.8) is 0 Å². The summed E-state index contributed by atoms with van der Waals surface area (Å²) in [5, 5.41) is 0. The average Bonchev–Trinajstić information content (AvgIpc) is 2.30. The maximum absolute atomic E-state index is 5.50. The summed E-state index contributed by atoms with van der Waals surface area (Å²) in [5.41, 5.74) is 1.24. The van der Waals surface area contributed by atoms with E-state index < -0.39 is 0 Å². The van der Waals surface area contributed by atoms with Gasteiger partial charge in [0.25, 0.3) is 0 Å². The predicted octanol–water partition coefficient (Wildman–Crippen LogP) is 2.43. The molecule has 0 heterocycles. The molecular formula is C13H20O3. The molecule has 0 aromatic heterocycles. The second-order valence-electron chi connectivity index (χ2n) is 3.47. The number of benzene rings is 1. The number of aryl methyl sites for hydroxylation is 1. The summed E-state index contributed by atoms with van der Waals surface area (Å²) in [5.74, 6) is 0.888. The van der Waals surface area contributed by atoms with Gasteiger partial charge in [0.2, 0.25) is 0 Å². The summed E-state index contributed by atoms with van der Waals surface area (Å²) < 4.78 is 16.0. The molecule has 0 amide bonds. The van der Waals surface area contributed by atoms with Crippen molar-refractivity contribution in [3.05, 3.63) is 29.8 Å². The maximum Gasteiger partial charge on any atom is 0.119 e. The van der Waals surface area contributed by atoms with Gasteiger partial charge in [0, 0.05) is 6.61 Å². The number of hydrogen-bond donors (Lipinski definition) is 0. The average molecular weight is 224 g/mol. The Morgan fingerprint density at radius 3 is 2.19 bits per heavy atom. The van der Waals surface area contributed by atoms with Crippen molar-refractivity contribution in [2.75, 3.05) is 33.0 Å². The van der Waals surface area contributed by atoms with Crippen LogP contribution in [0.3, 0.4) is 0 Å². The molecule has 3 heteroatoms. The Morgan fingerprint density at radius 1 is 0.875 bits per heavy atom. The first-order chi connectivity index (χ1) is 7.83. The molecule has 0 fully saturated rings. The summed E-state index contributed by atoms with van der Waals surface area (Å²) in [6.45, 7) is 7.23. The van der Waals surface area contributed by atoms with Crippen molar-refractivity contribution >= 4 is 0 Å². The van der Waals surface area contributed by atoms with E-state index in [-0.39, 0.29) is 0 Å². The monoisotopic (exact) mass is 224 g/mol. The normalized spacial score (nSPS) is 10.4. The van der Waals surface area contributed by atoms with Crippen molar-refractivity contribution in [1.82, 2.24) is 0 Å². The third kappa shape index (κ3) is 5.73. The second kappa shape index (κ2) is 8.13. The molecule has 3 nitrogen and oxygen atoms in total. The van der Waals surface area contributed by atoms with Crippen LogP contribution in [0, 0.1) is 6.92 Å². The number of hydrogen-bond acceptors (Lipinski definition) is 3. The minimum atomic E-state index is 0.579. The van der Waals surface area contributed by atoms with E-state index in [1.165, 1.54) is 5.56 Å². The molecule has 0 unspecified atom stereocenters. The molecule has 16 heavy (non-hydrogen) atoms. The molecule has 0 aliphatic carbocycles. The van der Waals surface area contributed by atoms with Gasteiger partial charge in [-0.2, -0.15) is 0 Å². The van der Waals surface area contributed by atoms with Crippen molar-refractivity contribution in [2.24, 2.45) is 0 Å². The van der Waals surface area contributed by atoms with Gasteiger partial charge in [-0.05, 0) is 26.0 Å². The summed E-state index contributed by atoms with van der Waals surface area (Å²) >= 11 is 0. The Kier molecular flexibility index (Phi) is 6.61. The smallest absolute Gasteiger partial charge is 0.119 e. The van der Waals surface area contributed by atoms with E-state index in [0.717, 1.165) is 12.4 Å². The van der Waals surface area contributed by atoms with Crippen LogP contribution in [0.25, 0.3) is 0 Å². The van der Waals surface area contributed by atoms with Crippen LogP contribution in [0.2, 0.25) is 0 Å². The molecule has 0 saturated heterocycles. The van der Waals surface area contributed by atoms with E-state index in [4.69, 9.17) is 14.2 Å². The Hall–Kier alpha value is -1.06. The van der Waals surface area contributed by atoms with Crippen LogP contribution in [0.4, 0.5) is 0 Å². The van der Waals surface area contributed by atoms with Gasteiger partial charge in [-0.15, -0.1) is 0 Å². The second-order valence-corrected chi connectivity index (χ2v) is 3.47. The molecule has 0 radical (unpaired) electrons. The molecule has 0 spiro atoms. The first kappa shape index (κ1) is 13.0. The molecule has 0 aliphatic rings. The first-order valence-electron chi connectivity index (χ1n) is 5.68. The zero-order valence-corrected chi connectivity index (χ0v) is 10.1. The van der Waals surface area contributed by atoms with Crippen molar-refractivity contribution < 1.29 is 14.2 Å². The zero-order chi connectivity index (χ0) is 11.6. The molecule has 1 rings (SSSR count). The molecule has 0 atom stereocenters. The molecule has 1 aromatic carbocycles. The fourth-order valence-electron chi connectivity index (χ4n) is 1.22. The maximum atomic E-state index is 5.50. The lowest BCUT2D eigenvalue weighted by Gasteiger charge is -2.07. The Balaban J connectivity index is 2.01. The van der Waals surface area contributed by atoms with Gasteiger partial charge in [0.1, 0.15) is 12.4 Å². The largest absolute Gasteiger partial charge is 0.491 e. The van der Waals surface area contributed by atoms with E-state index in [1.54, 1.807) is 0 Å². The number of ether oxygens (including phenoxy) is 3. The third-order valence-electron chi connectivity index (χ3n) is 2.09. The predicted molar refractivity (Wildman–Crippen MR) is 64.0 cm³/mol. The minimum Gasteiger partial charge on any atom is -0.491 e. The topological polar surface area (TPSA) is 27.7 Å². The van der Waals surface area contributed by atoms with E-state index in [0.29, 0.717) is 26.4 Å². The summed E-state index contributed by atoms with van der Waals surface area (Å²) in [7, 11) is 0. The SMILES string of the molecule is CCOCCOCCOc1ccc(C)cc1. The van der Waals surface area contributed by atoms with Crippen LogP contribution in [0.5, 0.6) is 5.75 Å². The van der Waals surface area contributed by atoms with Crippen LogP contribution in [-0.4, -0.2) is 33.0 Å². The summed E-state index contributed by atoms with van der Waals surface area (Å²) in [6.07, 6.45) is 0. The van der Waals surface area contributed by atoms with Gasteiger partial charge in [0.05, 0.1) is 19.8 Å². The highest BCUT2D eigenvalue weighted by Crippen LogP contribution is 2.10. The number of rotatable bonds is 8. The van der Waals surface area contributed by atoms with Crippen LogP contribution in [-0.2, 0) is 9.47 Å². The van der Waals surface area contributed by atoms with E-state index in [2.05, 4.69) is 6.92 Å². The van der Waals surface area contributed by atoms with Crippen LogP contribution in [0.1, 0.15) is 12.5 Å². The summed E-state index contributed by atoms with van der Waals surface area (Å²) in [6, 6.07) is 8.00. The van der Waals surface area contributed by atoms with Crippen molar-refractivity contribution in [3.8, 4) is 5.75 Å². The fraction of sp³-hybridized carbons (Fsp3) is 0.538. The highest BCUT2D eigenvalue weighted by molar-refractivity contribution is 5.26. The third-order valence-corrected chi connectivity index (χ3v) is 2.09. The van der Waals surface area contributed by atoms with Crippen LogP contribution < -0.4 is 4.74 Å². The Labute approximate surface area is 97.3 Å². The highest BCUT2D eigenvalue weighted by Gasteiger charge is 1.93. The van der Waals surface area contributed by atoms with Crippen molar-refractivity contribution in [2.45, 2.75) is 13.8 Å². The van der Waals surface area contributed by atoms with Gasteiger partial charge in [-0.1, -0.05) is 17.7 Å².